The predicted molar refractivity (Wildman–Crippen MR) is 97.1 cm³/mol. The topological polar surface area (TPSA) is 91.6 Å². The second kappa shape index (κ2) is 7.57. The standard InChI is InChI=1S/C20H18N2O4/c1-13-4-9-16(17(23)11-13)19(24)21-12-14-5-7-15(8-6-14)22-20(25)18-3-2-10-26-18/h2-11,23H,12H2,1H3,(H,21,24)(H,22,25). The molecule has 6 nitrogen and oxygen atoms in total. The number of nitrogens with one attached hydrogen (secondary N) is 2. The smallest absolute Gasteiger partial charge is 0.291 e. The number of anilines is 1. The fourth-order valence-corrected chi connectivity index (χ4v) is 2.42. The lowest BCUT2D eigenvalue weighted by Crippen LogP contribution is -2.22. The number of amides is 2. The Morgan fingerprint density at radius 1 is 1.04 bits per heavy atom. The van der Waals surface area contributed by atoms with Crippen LogP contribution in [-0.4, -0.2) is 16.9 Å². The first-order valence-electron chi connectivity index (χ1n) is 8.04. The van der Waals surface area contributed by atoms with E-state index in [1.807, 2.05) is 6.92 Å². The molecule has 2 aromatic carbocycles. The maximum atomic E-state index is 12.2. The van der Waals surface area contributed by atoms with E-state index >= 15 is 0 Å². The van der Waals surface area contributed by atoms with Crippen molar-refractivity contribution in [2.24, 2.45) is 0 Å². The van der Waals surface area contributed by atoms with Crippen LogP contribution in [0.1, 0.15) is 32.0 Å². The van der Waals surface area contributed by atoms with E-state index in [1.54, 1.807) is 54.6 Å². The number of rotatable bonds is 5. The lowest BCUT2D eigenvalue weighted by Gasteiger charge is -2.09. The maximum absolute atomic E-state index is 12.2. The lowest BCUT2D eigenvalue weighted by molar-refractivity contribution is 0.0947. The summed E-state index contributed by atoms with van der Waals surface area (Å²) in [5.41, 5.74) is 2.60. The Balaban J connectivity index is 1.57. The van der Waals surface area contributed by atoms with Gasteiger partial charge in [0.15, 0.2) is 5.76 Å². The Hall–Kier alpha value is -3.54. The number of hydrogen-bond donors (Lipinski definition) is 3. The van der Waals surface area contributed by atoms with Crippen LogP contribution in [0.2, 0.25) is 0 Å². The van der Waals surface area contributed by atoms with Crippen molar-refractivity contribution in [3.63, 3.8) is 0 Å². The Kier molecular flexibility index (Phi) is 5.03. The Morgan fingerprint density at radius 3 is 2.46 bits per heavy atom. The van der Waals surface area contributed by atoms with Crippen LogP contribution >= 0.6 is 0 Å². The van der Waals surface area contributed by atoms with Crippen molar-refractivity contribution >= 4 is 17.5 Å². The molecule has 0 aliphatic rings. The molecule has 0 radical (unpaired) electrons. The summed E-state index contributed by atoms with van der Waals surface area (Å²) in [4.78, 5) is 24.1. The summed E-state index contributed by atoms with van der Waals surface area (Å²) in [6, 6.07) is 15.2. The molecule has 6 heteroatoms. The van der Waals surface area contributed by atoms with E-state index in [4.69, 9.17) is 4.42 Å². The van der Waals surface area contributed by atoms with Crippen molar-refractivity contribution in [1.82, 2.24) is 5.32 Å². The summed E-state index contributed by atoms with van der Waals surface area (Å²) in [6.07, 6.45) is 1.44. The largest absolute Gasteiger partial charge is 0.507 e. The summed E-state index contributed by atoms with van der Waals surface area (Å²) in [5.74, 6) is -0.485. The van der Waals surface area contributed by atoms with Crippen LogP contribution < -0.4 is 10.6 Å². The molecule has 0 aliphatic carbocycles. The van der Waals surface area contributed by atoms with Crippen LogP contribution in [0.15, 0.2) is 65.3 Å². The van der Waals surface area contributed by atoms with E-state index in [-0.39, 0.29) is 28.9 Å². The number of phenolic OH excluding ortho intramolecular Hbond substituents is 1. The molecule has 132 valence electrons. The first-order chi connectivity index (χ1) is 12.5. The van der Waals surface area contributed by atoms with Gasteiger partial charge in [-0.15, -0.1) is 0 Å². The fraction of sp³-hybridized carbons (Fsp3) is 0.100. The van der Waals surface area contributed by atoms with Crippen LogP contribution in [0.5, 0.6) is 5.75 Å². The zero-order valence-corrected chi connectivity index (χ0v) is 14.2. The Bertz CT molecular complexity index is 915. The van der Waals surface area contributed by atoms with Gasteiger partial charge in [-0.1, -0.05) is 18.2 Å². The molecule has 0 saturated heterocycles. The van der Waals surface area contributed by atoms with E-state index in [0.29, 0.717) is 12.2 Å². The average molecular weight is 350 g/mol. The highest BCUT2D eigenvalue weighted by atomic mass is 16.3. The number of aryl methyl sites for hydroxylation is 1. The molecule has 0 aliphatic heterocycles. The molecule has 3 rings (SSSR count). The molecular weight excluding hydrogens is 332 g/mol. The van der Waals surface area contributed by atoms with Gasteiger partial charge in [0.2, 0.25) is 0 Å². The molecule has 1 aromatic heterocycles. The molecule has 3 N–H and O–H groups in total. The van der Waals surface area contributed by atoms with E-state index in [1.165, 1.54) is 6.26 Å². The summed E-state index contributed by atoms with van der Waals surface area (Å²) in [5, 5.41) is 15.3. The third-order valence-electron chi connectivity index (χ3n) is 3.81. The Morgan fingerprint density at radius 2 is 1.81 bits per heavy atom. The molecule has 0 fully saturated rings. The third kappa shape index (κ3) is 4.10. The molecule has 3 aromatic rings. The normalized spacial score (nSPS) is 10.3. The van der Waals surface area contributed by atoms with Crippen molar-refractivity contribution in [2.45, 2.75) is 13.5 Å². The van der Waals surface area contributed by atoms with Gasteiger partial charge in [-0.05, 0) is 54.4 Å². The number of aromatic hydroxyl groups is 1. The van der Waals surface area contributed by atoms with Crippen molar-refractivity contribution in [1.29, 1.82) is 0 Å². The van der Waals surface area contributed by atoms with Crippen LogP contribution in [0, 0.1) is 6.92 Å². The van der Waals surface area contributed by atoms with E-state index in [0.717, 1.165) is 11.1 Å². The zero-order valence-electron chi connectivity index (χ0n) is 14.2. The van der Waals surface area contributed by atoms with Gasteiger partial charge in [0.05, 0.1) is 11.8 Å². The van der Waals surface area contributed by atoms with Gasteiger partial charge in [0, 0.05) is 12.2 Å². The second-order valence-corrected chi connectivity index (χ2v) is 5.83. The van der Waals surface area contributed by atoms with Crippen LogP contribution in [0.25, 0.3) is 0 Å². The first kappa shape index (κ1) is 17.3. The van der Waals surface area contributed by atoms with Crippen LogP contribution in [0.3, 0.4) is 0 Å². The summed E-state index contributed by atoms with van der Waals surface area (Å²) < 4.78 is 5.04. The number of carbonyl (C=O) groups is 2. The lowest BCUT2D eigenvalue weighted by atomic mass is 10.1. The number of hydrogen-bond acceptors (Lipinski definition) is 4. The summed E-state index contributed by atoms with van der Waals surface area (Å²) >= 11 is 0. The highest BCUT2D eigenvalue weighted by Crippen LogP contribution is 2.18. The van der Waals surface area contributed by atoms with E-state index in [2.05, 4.69) is 10.6 Å². The van der Waals surface area contributed by atoms with Crippen molar-refractivity contribution in [3.8, 4) is 5.75 Å². The number of furan rings is 1. The first-order valence-corrected chi connectivity index (χ1v) is 8.04. The minimum absolute atomic E-state index is 0.0431. The van der Waals surface area contributed by atoms with Gasteiger partial charge < -0.3 is 20.2 Å². The number of benzene rings is 2. The fourth-order valence-electron chi connectivity index (χ4n) is 2.42. The quantitative estimate of drug-likeness (QED) is 0.657. The Labute approximate surface area is 150 Å². The molecule has 2 amide bonds. The predicted octanol–water partition coefficient (Wildman–Crippen LogP) is 3.48. The monoisotopic (exact) mass is 350 g/mol. The van der Waals surface area contributed by atoms with Gasteiger partial charge in [-0.2, -0.15) is 0 Å². The molecule has 0 bridgehead atoms. The number of carbonyl (C=O) groups excluding carboxylic acids is 2. The molecule has 0 unspecified atom stereocenters. The molecular formula is C20H18N2O4. The van der Waals surface area contributed by atoms with Gasteiger partial charge in [-0.3, -0.25) is 9.59 Å². The molecule has 1 heterocycles. The summed E-state index contributed by atoms with van der Waals surface area (Å²) in [7, 11) is 0. The minimum Gasteiger partial charge on any atom is -0.507 e. The second-order valence-electron chi connectivity index (χ2n) is 5.83. The zero-order chi connectivity index (χ0) is 18.5. The average Bonchev–Trinajstić information content (AvgIpc) is 3.16. The molecule has 26 heavy (non-hydrogen) atoms. The molecule has 0 atom stereocenters. The van der Waals surface area contributed by atoms with Crippen LogP contribution in [0.4, 0.5) is 5.69 Å². The SMILES string of the molecule is Cc1ccc(C(=O)NCc2ccc(NC(=O)c3ccco3)cc2)c(O)c1. The van der Waals surface area contributed by atoms with E-state index in [9.17, 15) is 14.7 Å². The van der Waals surface area contributed by atoms with E-state index < -0.39 is 0 Å². The van der Waals surface area contributed by atoms with Gasteiger partial charge >= 0.3 is 0 Å². The summed E-state index contributed by atoms with van der Waals surface area (Å²) in [6.45, 7) is 2.15. The van der Waals surface area contributed by atoms with Gasteiger partial charge in [0.25, 0.3) is 11.8 Å². The van der Waals surface area contributed by atoms with Gasteiger partial charge in [-0.25, -0.2) is 0 Å². The highest BCUT2D eigenvalue weighted by molar-refractivity contribution is 6.02. The third-order valence-corrected chi connectivity index (χ3v) is 3.81. The molecule has 0 saturated carbocycles. The minimum atomic E-state index is -0.349. The molecule has 0 spiro atoms. The number of phenols is 1. The maximum Gasteiger partial charge on any atom is 0.291 e. The van der Waals surface area contributed by atoms with Crippen LogP contribution in [-0.2, 0) is 6.54 Å². The van der Waals surface area contributed by atoms with Crippen molar-refractivity contribution in [3.05, 3.63) is 83.3 Å². The van der Waals surface area contributed by atoms with Crippen molar-refractivity contribution in [2.75, 3.05) is 5.32 Å². The van der Waals surface area contributed by atoms with Gasteiger partial charge in [0.1, 0.15) is 5.75 Å². The highest BCUT2D eigenvalue weighted by Gasteiger charge is 2.11. The van der Waals surface area contributed by atoms with Crippen molar-refractivity contribution < 1.29 is 19.1 Å².